The number of hydrogen-bond acceptors (Lipinski definition) is 2. The number of carbonyl (C=O) groups excluding carboxylic acids is 1. The van der Waals surface area contributed by atoms with Gasteiger partial charge in [0.05, 0.1) is 6.54 Å². The lowest BCUT2D eigenvalue weighted by molar-refractivity contribution is 0.0760. The second kappa shape index (κ2) is 3.61. The van der Waals surface area contributed by atoms with Gasteiger partial charge in [0.25, 0.3) is 5.91 Å². The molecule has 0 aliphatic carbocycles. The third-order valence-electron chi connectivity index (χ3n) is 2.64. The zero-order valence-electron chi connectivity index (χ0n) is 8.61. The molecule has 0 N–H and O–H groups in total. The Morgan fingerprint density at radius 2 is 2.20 bits per heavy atom. The Morgan fingerprint density at radius 1 is 1.53 bits per heavy atom. The summed E-state index contributed by atoms with van der Waals surface area (Å²) in [6.07, 6.45) is 3.56. The Kier molecular flexibility index (Phi) is 2.42. The van der Waals surface area contributed by atoms with Crippen LogP contribution in [0.5, 0.6) is 0 Å². The van der Waals surface area contributed by atoms with Gasteiger partial charge in [-0.05, 0) is 19.1 Å². The van der Waals surface area contributed by atoms with E-state index >= 15 is 0 Å². The lowest BCUT2D eigenvalue weighted by Crippen LogP contribution is -2.31. The van der Waals surface area contributed by atoms with E-state index in [2.05, 4.69) is 4.98 Å². The van der Waals surface area contributed by atoms with Crippen molar-refractivity contribution in [3.63, 3.8) is 0 Å². The minimum Gasteiger partial charge on any atom is -0.335 e. The standard InChI is InChI=1S/C11H13FN2O/c1-11(12)4-7-14(8-11)10(15)9-2-5-13-6-3-9/h2-3,5-6H,4,7-8H2,1H3. The zero-order chi connectivity index (χ0) is 10.9. The van der Waals surface area contributed by atoms with Gasteiger partial charge in [0.2, 0.25) is 0 Å². The van der Waals surface area contributed by atoms with Crippen LogP contribution in [0.4, 0.5) is 4.39 Å². The first kappa shape index (κ1) is 10.1. The molecule has 15 heavy (non-hydrogen) atoms. The van der Waals surface area contributed by atoms with Gasteiger partial charge in [-0.2, -0.15) is 0 Å². The molecule has 1 aliphatic heterocycles. The molecule has 80 valence electrons. The van der Waals surface area contributed by atoms with E-state index in [1.807, 2.05) is 0 Å². The SMILES string of the molecule is CC1(F)CCN(C(=O)c2ccncc2)C1. The first-order valence-electron chi connectivity index (χ1n) is 4.97. The monoisotopic (exact) mass is 208 g/mol. The number of alkyl halides is 1. The van der Waals surface area contributed by atoms with Crippen LogP contribution in [0, 0.1) is 0 Å². The van der Waals surface area contributed by atoms with E-state index in [0.717, 1.165) is 0 Å². The molecule has 1 amide bonds. The quantitative estimate of drug-likeness (QED) is 0.703. The molecule has 1 aromatic rings. The predicted octanol–water partition coefficient (Wildman–Crippen LogP) is 1.66. The Bertz CT molecular complexity index is 364. The first-order valence-corrected chi connectivity index (χ1v) is 4.97. The Labute approximate surface area is 87.9 Å². The number of amides is 1. The Balaban J connectivity index is 2.11. The zero-order valence-corrected chi connectivity index (χ0v) is 8.61. The van der Waals surface area contributed by atoms with Gasteiger partial charge in [-0.3, -0.25) is 9.78 Å². The summed E-state index contributed by atoms with van der Waals surface area (Å²) in [6.45, 7) is 2.22. The summed E-state index contributed by atoms with van der Waals surface area (Å²) >= 11 is 0. The number of aromatic nitrogens is 1. The third kappa shape index (κ3) is 2.14. The number of nitrogens with zero attached hydrogens (tertiary/aromatic N) is 2. The van der Waals surface area contributed by atoms with Crippen LogP contribution >= 0.6 is 0 Å². The van der Waals surface area contributed by atoms with E-state index in [4.69, 9.17) is 0 Å². The summed E-state index contributed by atoms with van der Waals surface area (Å²) < 4.78 is 13.5. The molecular weight excluding hydrogens is 195 g/mol. The van der Waals surface area contributed by atoms with E-state index < -0.39 is 5.67 Å². The van der Waals surface area contributed by atoms with Crippen molar-refractivity contribution in [3.05, 3.63) is 30.1 Å². The molecule has 1 aliphatic rings. The first-order chi connectivity index (χ1) is 7.08. The molecule has 1 saturated heterocycles. The second-order valence-corrected chi connectivity index (χ2v) is 4.13. The van der Waals surface area contributed by atoms with Crippen LogP contribution in [0.15, 0.2) is 24.5 Å². The molecule has 1 fully saturated rings. The summed E-state index contributed by atoms with van der Waals surface area (Å²) in [4.78, 5) is 17.3. The lowest BCUT2D eigenvalue weighted by Gasteiger charge is -2.17. The highest BCUT2D eigenvalue weighted by atomic mass is 19.1. The highest BCUT2D eigenvalue weighted by Crippen LogP contribution is 2.25. The summed E-state index contributed by atoms with van der Waals surface area (Å²) in [5.74, 6) is -0.112. The van der Waals surface area contributed by atoms with E-state index in [-0.39, 0.29) is 12.5 Å². The van der Waals surface area contributed by atoms with Crippen molar-refractivity contribution >= 4 is 5.91 Å². The molecule has 0 spiro atoms. The van der Waals surface area contributed by atoms with Crippen molar-refractivity contribution in [2.45, 2.75) is 19.0 Å². The van der Waals surface area contributed by atoms with Crippen LogP contribution in [0.2, 0.25) is 0 Å². The molecule has 0 aromatic carbocycles. The minimum absolute atomic E-state index is 0.112. The average Bonchev–Trinajstić information content (AvgIpc) is 2.59. The maximum absolute atomic E-state index is 13.5. The van der Waals surface area contributed by atoms with Gasteiger partial charge < -0.3 is 4.90 Å². The van der Waals surface area contributed by atoms with E-state index in [1.165, 1.54) is 6.92 Å². The fraction of sp³-hybridized carbons (Fsp3) is 0.455. The fourth-order valence-corrected chi connectivity index (χ4v) is 1.77. The van der Waals surface area contributed by atoms with Crippen LogP contribution in [0.3, 0.4) is 0 Å². The van der Waals surface area contributed by atoms with Crippen LogP contribution in [-0.4, -0.2) is 34.5 Å². The molecule has 0 radical (unpaired) electrons. The van der Waals surface area contributed by atoms with E-state index in [0.29, 0.717) is 18.5 Å². The van der Waals surface area contributed by atoms with E-state index in [9.17, 15) is 9.18 Å². The molecule has 4 heteroatoms. The molecule has 2 heterocycles. The summed E-state index contributed by atoms with van der Waals surface area (Å²) in [5, 5.41) is 0. The van der Waals surface area contributed by atoms with Crippen molar-refractivity contribution < 1.29 is 9.18 Å². The molecule has 3 nitrogen and oxygen atoms in total. The number of halogens is 1. The maximum atomic E-state index is 13.5. The lowest BCUT2D eigenvalue weighted by atomic mass is 10.1. The van der Waals surface area contributed by atoms with Crippen molar-refractivity contribution in [1.82, 2.24) is 9.88 Å². The van der Waals surface area contributed by atoms with Crippen molar-refractivity contribution in [2.24, 2.45) is 0 Å². The number of rotatable bonds is 1. The van der Waals surface area contributed by atoms with Crippen LogP contribution < -0.4 is 0 Å². The van der Waals surface area contributed by atoms with Crippen molar-refractivity contribution in [3.8, 4) is 0 Å². The third-order valence-corrected chi connectivity index (χ3v) is 2.64. The fourth-order valence-electron chi connectivity index (χ4n) is 1.77. The van der Waals surface area contributed by atoms with Crippen molar-refractivity contribution in [1.29, 1.82) is 0 Å². The summed E-state index contributed by atoms with van der Waals surface area (Å²) in [5.41, 5.74) is -0.661. The molecule has 1 unspecified atom stereocenters. The van der Waals surface area contributed by atoms with Gasteiger partial charge in [-0.1, -0.05) is 0 Å². The van der Waals surface area contributed by atoms with Crippen LogP contribution in [0.1, 0.15) is 23.7 Å². The average molecular weight is 208 g/mol. The minimum atomic E-state index is -1.23. The van der Waals surface area contributed by atoms with Crippen molar-refractivity contribution in [2.75, 3.05) is 13.1 Å². The maximum Gasteiger partial charge on any atom is 0.254 e. The largest absolute Gasteiger partial charge is 0.335 e. The van der Waals surface area contributed by atoms with Gasteiger partial charge in [0, 0.05) is 30.9 Å². The summed E-state index contributed by atoms with van der Waals surface area (Å²) in [6, 6.07) is 3.30. The van der Waals surface area contributed by atoms with Gasteiger partial charge in [-0.25, -0.2) is 4.39 Å². The highest BCUT2D eigenvalue weighted by molar-refractivity contribution is 5.94. The number of carbonyl (C=O) groups is 1. The summed E-state index contributed by atoms with van der Waals surface area (Å²) in [7, 11) is 0. The van der Waals surface area contributed by atoms with E-state index in [1.54, 1.807) is 29.4 Å². The van der Waals surface area contributed by atoms with Gasteiger partial charge in [-0.15, -0.1) is 0 Å². The topological polar surface area (TPSA) is 33.2 Å². The number of hydrogen-bond donors (Lipinski definition) is 0. The number of pyridine rings is 1. The predicted molar refractivity (Wildman–Crippen MR) is 54.3 cm³/mol. The molecule has 0 bridgehead atoms. The van der Waals surface area contributed by atoms with Crippen LogP contribution in [0.25, 0.3) is 0 Å². The molecule has 2 rings (SSSR count). The molecular formula is C11H13FN2O. The van der Waals surface area contributed by atoms with Gasteiger partial charge in [0.1, 0.15) is 5.67 Å². The number of likely N-dealkylation sites (tertiary alicyclic amines) is 1. The molecule has 0 saturated carbocycles. The smallest absolute Gasteiger partial charge is 0.254 e. The Morgan fingerprint density at radius 3 is 2.73 bits per heavy atom. The van der Waals surface area contributed by atoms with Crippen LogP contribution in [-0.2, 0) is 0 Å². The van der Waals surface area contributed by atoms with Gasteiger partial charge >= 0.3 is 0 Å². The molecule has 1 aromatic heterocycles. The highest BCUT2D eigenvalue weighted by Gasteiger charge is 2.36. The second-order valence-electron chi connectivity index (χ2n) is 4.13. The normalized spacial score (nSPS) is 25.6. The molecule has 1 atom stereocenters. The van der Waals surface area contributed by atoms with Gasteiger partial charge in [0.15, 0.2) is 0 Å². The Hall–Kier alpha value is -1.45.